The van der Waals surface area contributed by atoms with Gasteiger partial charge in [0.2, 0.25) is 0 Å². The molecule has 0 unspecified atom stereocenters. The van der Waals surface area contributed by atoms with Crippen molar-refractivity contribution in [3.8, 4) is 0 Å². The third-order valence-electron chi connectivity index (χ3n) is 2.85. The maximum Gasteiger partial charge on any atom is 0.323 e. The molecular weight excluding hydrogens is 216 g/mol. The van der Waals surface area contributed by atoms with Crippen LogP contribution in [0.15, 0.2) is 0 Å². The van der Waals surface area contributed by atoms with Crippen molar-refractivity contribution in [2.24, 2.45) is 0 Å². The molecule has 0 aromatic carbocycles. The van der Waals surface area contributed by atoms with Gasteiger partial charge in [-0.1, -0.05) is 0 Å². The Hall–Kier alpha value is -1.99. The Morgan fingerprint density at radius 3 is 2.56 bits per heavy atom. The first-order valence-electron chi connectivity index (χ1n) is 4.70. The van der Waals surface area contributed by atoms with Crippen molar-refractivity contribution >= 4 is 18.0 Å². The molecular formula is C8H11N4O4-. The molecule has 2 heterocycles. The Morgan fingerprint density at radius 1 is 1.38 bits per heavy atom. The highest BCUT2D eigenvalue weighted by Crippen LogP contribution is 2.25. The van der Waals surface area contributed by atoms with Crippen LogP contribution in [0.25, 0.3) is 0 Å². The summed E-state index contributed by atoms with van der Waals surface area (Å²) in [5, 5.41) is 13.1. The van der Waals surface area contributed by atoms with Gasteiger partial charge in [0.05, 0.1) is 12.5 Å². The van der Waals surface area contributed by atoms with Gasteiger partial charge in [-0.3, -0.25) is 4.90 Å². The molecule has 0 saturated carbocycles. The summed E-state index contributed by atoms with van der Waals surface area (Å²) in [5.74, 6) is -1.36. The van der Waals surface area contributed by atoms with E-state index in [0.29, 0.717) is 0 Å². The van der Waals surface area contributed by atoms with Gasteiger partial charge in [0.25, 0.3) is 0 Å². The van der Waals surface area contributed by atoms with Gasteiger partial charge in [-0.25, -0.2) is 9.59 Å². The van der Waals surface area contributed by atoms with Gasteiger partial charge in [-0.15, -0.1) is 0 Å². The Balaban J connectivity index is 2.25. The fourth-order valence-corrected chi connectivity index (χ4v) is 2.08. The zero-order valence-corrected chi connectivity index (χ0v) is 8.84. The van der Waals surface area contributed by atoms with E-state index in [1.54, 1.807) is 7.05 Å². The Morgan fingerprint density at radius 2 is 2.00 bits per heavy atom. The monoisotopic (exact) mass is 227 g/mol. The number of carbonyl (C=O) groups excluding carboxylic acids is 3. The zero-order chi connectivity index (χ0) is 12.0. The number of rotatable bonds is 2. The molecule has 8 nitrogen and oxygen atoms in total. The SMILES string of the molecule is CN1C(=O)N(C)[C@@H]2[C@H]1NC(=O)N2CC(=O)[O-]. The first-order chi connectivity index (χ1) is 7.43. The molecule has 2 rings (SSSR count). The first-order valence-corrected chi connectivity index (χ1v) is 4.70. The normalized spacial score (nSPS) is 28.5. The molecule has 0 aromatic rings. The molecule has 4 amide bonds. The predicted octanol–water partition coefficient (Wildman–Crippen LogP) is -2.59. The molecule has 16 heavy (non-hydrogen) atoms. The fourth-order valence-electron chi connectivity index (χ4n) is 2.08. The minimum atomic E-state index is -1.36. The lowest BCUT2D eigenvalue weighted by atomic mass is 10.3. The molecule has 2 saturated heterocycles. The smallest absolute Gasteiger partial charge is 0.323 e. The van der Waals surface area contributed by atoms with E-state index in [-0.39, 0.29) is 6.03 Å². The molecule has 2 aliphatic heterocycles. The summed E-state index contributed by atoms with van der Waals surface area (Å²) in [4.78, 5) is 37.3. The summed E-state index contributed by atoms with van der Waals surface area (Å²) in [6.45, 7) is -0.529. The summed E-state index contributed by atoms with van der Waals surface area (Å²) in [6, 6.07) is -0.774. The topological polar surface area (TPSA) is 96.0 Å². The van der Waals surface area contributed by atoms with E-state index in [9.17, 15) is 19.5 Å². The Kier molecular flexibility index (Phi) is 2.14. The molecule has 1 N–H and O–H groups in total. The summed E-state index contributed by atoms with van der Waals surface area (Å²) < 4.78 is 0. The van der Waals surface area contributed by atoms with E-state index in [1.807, 2.05) is 0 Å². The van der Waals surface area contributed by atoms with Gasteiger partial charge in [0, 0.05) is 14.1 Å². The standard InChI is InChI=1S/C8H12N4O4/c1-10-5-6(11(2)8(10)16)12(3-4(13)14)7(15)9-5/h5-6H,3H2,1-2H3,(H,9,15)(H,13,14)/p-1/t5-,6-/m0/s1. The van der Waals surface area contributed by atoms with E-state index in [1.165, 1.54) is 16.8 Å². The van der Waals surface area contributed by atoms with Gasteiger partial charge in [-0.05, 0) is 0 Å². The second-order valence-electron chi connectivity index (χ2n) is 3.81. The third-order valence-corrected chi connectivity index (χ3v) is 2.85. The van der Waals surface area contributed by atoms with E-state index < -0.39 is 30.9 Å². The number of nitrogens with zero attached hydrogens (tertiary/aromatic N) is 3. The van der Waals surface area contributed by atoms with Crippen LogP contribution in [0.1, 0.15) is 0 Å². The highest BCUT2D eigenvalue weighted by molar-refractivity contribution is 5.86. The molecule has 2 fully saturated rings. The molecule has 2 aliphatic rings. The van der Waals surface area contributed by atoms with Crippen LogP contribution in [-0.2, 0) is 4.79 Å². The molecule has 0 radical (unpaired) electrons. The highest BCUT2D eigenvalue weighted by Gasteiger charge is 2.52. The van der Waals surface area contributed by atoms with Crippen LogP contribution in [0.4, 0.5) is 9.59 Å². The number of nitrogens with one attached hydrogen (secondary N) is 1. The Labute approximate surface area is 91.4 Å². The molecule has 0 aliphatic carbocycles. The molecule has 0 aromatic heterocycles. The minimum Gasteiger partial charge on any atom is -0.548 e. The number of carboxylic acid groups (broad SMARTS) is 1. The third kappa shape index (κ3) is 1.26. The predicted molar refractivity (Wildman–Crippen MR) is 48.7 cm³/mol. The van der Waals surface area contributed by atoms with Crippen LogP contribution in [-0.4, -0.2) is 65.7 Å². The molecule has 0 bridgehead atoms. The lowest BCUT2D eigenvalue weighted by Crippen LogP contribution is -2.49. The van der Waals surface area contributed by atoms with Gasteiger partial charge >= 0.3 is 12.1 Å². The lowest BCUT2D eigenvalue weighted by Gasteiger charge is -2.26. The maximum absolute atomic E-state index is 11.6. The van der Waals surface area contributed by atoms with Crippen LogP contribution < -0.4 is 10.4 Å². The van der Waals surface area contributed by atoms with Crippen molar-refractivity contribution in [1.82, 2.24) is 20.0 Å². The fraction of sp³-hybridized carbons (Fsp3) is 0.625. The number of carboxylic acids is 1. The van der Waals surface area contributed by atoms with E-state index in [4.69, 9.17) is 0 Å². The molecule has 88 valence electrons. The number of carbonyl (C=O) groups is 3. The molecule has 8 heteroatoms. The van der Waals surface area contributed by atoms with Gasteiger partial charge in [-0.2, -0.15) is 0 Å². The van der Waals surface area contributed by atoms with Gasteiger partial charge in [0.1, 0.15) is 12.3 Å². The molecule has 0 spiro atoms. The van der Waals surface area contributed by atoms with Crippen molar-refractivity contribution in [2.75, 3.05) is 20.6 Å². The van der Waals surface area contributed by atoms with Crippen molar-refractivity contribution < 1.29 is 19.5 Å². The summed E-state index contributed by atoms with van der Waals surface area (Å²) in [5.41, 5.74) is 0. The maximum atomic E-state index is 11.6. The molecule has 2 atom stereocenters. The summed E-state index contributed by atoms with van der Waals surface area (Å²) in [7, 11) is 3.07. The number of hydrogen-bond donors (Lipinski definition) is 1. The van der Waals surface area contributed by atoms with Gasteiger partial charge < -0.3 is 25.0 Å². The van der Waals surface area contributed by atoms with Crippen LogP contribution in [0.5, 0.6) is 0 Å². The highest BCUT2D eigenvalue weighted by atomic mass is 16.4. The second kappa shape index (κ2) is 3.26. The van der Waals surface area contributed by atoms with Crippen LogP contribution in [0.3, 0.4) is 0 Å². The zero-order valence-electron chi connectivity index (χ0n) is 8.84. The van der Waals surface area contributed by atoms with Crippen molar-refractivity contribution in [2.45, 2.75) is 12.3 Å². The Bertz CT molecular complexity index is 371. The lowest BCUT2D eigenvalue weighted by molar-refractivity contribution is -0.306. The number of likely N-dealkylation sites (N-methyl/N-ethyl adjacent to an activating group) is 2. The van der Waals surface area contributed by atoms with E-state index in [0.717, 1.165) is 4.90 Å². The van der Waals surface area contributed by atoms with E-state index in [2.05, 4.69) is 5.32 Å². The van der Waals surface area contributed by atoms with Gasteiger partial charge in [0.15, 0.2) is 0 Å². The number of hydrogen-bond acceptors (Lipinski definition) is 4. The first kappa shape index (κ1) is 10.5. The minimum absolute atomic E-state index is 0.265. The number of amides is 4. The van der Waals surface area contributed by atoms with Crippen molar-refractivity contribution in [3.63, 3.8) is 0 Å². The van der Waals surface area contributed by atoms with Crippen LogP contribution >= 0.6 is 0 Å². The second-order valence-corrected chi connectivity index (χ2v) is 3.81. The quantitative estimate of drug-likeness (QED) is 0.560. The summed E-state index contributed by atoms with van der Waals surface area (Å²) >= 11 is 0. The van der Waals surface area contributed by atoms with Crippen LogP contribution in [0.2, 0.25) is 0 Å². The number of fused-ring (bicyclic) bond motifs is 1. The summed E-state index contributed by atoms with van der Waals surface area (Å²) in [6.07, 6.45) is -1.10. The van der Waals surface area contributed by atoms with Crippen molar-refractivity contribution in [3.05, 3.63) is 0 Å². The largest absolute Gasteiger partial charge is 0.548 e. The number of urea groups is 2. The van der Waals surface area contributed by atoms with Crippen LogP contribution in [0, 0.1) is 0 Å². The van der Waals surface area contributed by atoms with Crippen molar-refractivity contribution in [1.29, 1.82) is 0 Å². The number of aliphatic carboxylic acids is 1. The average Bonchev–Trinajstić information content (AvgIpc) is 2.61. The average molecular weight is 227 g/mol. The van der Waals surface area contributed by atoms with E-state index >= 15 is 0 Å².